The third kappa shape index (κ3) is 2.31. The predicted octanol–water partition coefficient (Wildman–Crippen LogP) is 2.89. The van der Waals surface area contributed by atoms with Crippen molar-refractivity contribution in [1.82, 2.24) is 4.98 Å². The molecule has 0 radical (unpaired) electrons. The smallest absolute Gasteiger partial charge is 0.168 e. The van der Waals surface area contributed by atoms with Crippen molar-refractivity contribution in [2.45, 2.75) is 19.4 Å². The first-order valence-electron chi connectivity index (χ1n) is 6.58. The largest absolute Gasteiger partial charge is 0.381 e. The minimum absolute atomic E-state index is 0.126. The number of hydrogen-bond donors (Lipinski definition) is 1. The first-order valence-corrected chi connectivity index (χ1v) is 6.58. The van der Waals surface area contributed by atoms with E-state index >= 15 is 0 Å². The molecule has 0 spiro atoms. The van der Waals surface area contributed by atoms with E-state index < -0.39 is 11.6 Å². The second-order valence-electron chi connectivity index (χ2n) is 4.95. The van der Waals surface area contributed by atoms with Crippen LogP contribution >= 0.6 is 0 Å². The van der Waals surface area contributed by atoms with Crippen molar-refractivity contribution in [2.75, 3.05) is 17.2 Å². The van der Waals surface area contributed by atoms with E-state index in [0.29, 0.717) is 13.1 Å². The number of benzene rings is 1. The third-order valence-electron chi connectivity index (χ3n) is 3.59. The summed E-state index contributed by atoms with van der Waals surface area (Å²) < 4.78 is 27.1. The van der Waals surface area contributed by atoms with E-state index in [1.54, 1.807) is 0 Å². The van der Waals surface area contributed by atoms with Gasteiger partial charge in [0.2, 0.25) is 0 Å². The van der Waals surface area contributed by atoms with Gasteiger partial charge in [0.25, 0.3) is 0 Å². The zero-order valence-electron chi connectivity index (χ0n) is 10.9. The Balaban J connectivity index is 1.97. The maximum absolute atomic E-state index is 13.9. The first kappa shape index (κ1) is 12.8. The molecule has 0 unspecified atom stereocenters. The standard InChI is InChI=1S/C15H15F2N3/c16-12-8-13(17)15(19-14(12)18)20-7-3-6-10-4-1-2-5-11(10)9-20/h1-2,4-5,8H,3,6-7,9H2,(H2,18,19). The van der Waals surface area contributed by atoms with Gasteiger partial charge >= 0.3 is 0 Å². The fourth-order valence-electron chi connectivity index (χ4n) is 2.57. The van der Waals surface area contributed by atoms with E-state index in [-0.39, 0.29) is 11.6 Å². The highest BCUT2D eigenvalue weighted by Gasteiger charge is 2.20. The summed E-state index contributed by atoms with van der Waals surface area (Å²) in [5.41, 5.74) is 7.87. The van der Waals surface area contributed by atoms with E-state index in [1.165, 1.54) is 5.56 Å². The quantitative estimate of drug-likeness (QED) is 0.870. The number of nitrogen functional groups attached to an aromatic ring is 1. The highest BCUT2D eigenvalue weighted by atomic mass is 19.1. The molecule has 3 nitrogen and oxygen atoms in total. The summed E-state index contributed by atoms with van der Waals surface area (Å²) in [7, 11) is 0. The van der Waals surface area contributed by atoms with Gasteiger partial charge in [0, 0.05) is 19.2 Å². The molecule has 20 heavy (non-hydrogen) atoms. The van der Waals surface area contributed by atoms with Crippen molar-refractivity contribution in [1.29, 1.82) is 0 Å². The van der Waals surface area contributed by atoms with Gasteiger partial charge in [-0.1, -0.05) is 24.3 Å². The molecule has 2 heterocycles. The zero-order valence-corrected chi connectivity index (χ0v) is 10.9. The van der Waals surface area contributed by atoms with Gasteiger partial charge in [-0.2, -0.15) is 0 Å². The Morgan fingerprint density at radius 3 is 2.65 bits per heavy atom. The van der Waals surface area contributed by atoms with Crippen LogP contribution in [0, 0.1) is 11.6 Å². The average molecular weight is 275 g/mol. The molecule has 2 N–H and O–H groups in total. The lowest BCUT2D eigenvalue weighted by Gasteiger charge is -2.22. The molecule has 1 aliphatic heterocycles. The Morgan fingerprint density at radius 2 is 1.85 bits per heavy atom. The number of pyridine rings is 1. The van der Waals surface area contributed by atoms with Crippen molar-refractivity contribution in [3.63, 3.8) is 0 Å². The van der Waals surface area contributed by atoms with Gasteiger partial charge < -0.3 is 10.6 Å². The van der Waals surface area contributed by atoms with E-state index in [1.807, 2.05) is 23.1 Å². The molecule has 0 saturated heterocycles. The van der Waals surface area contributed by atoms with Crippen LogP contribution in [0.15, 0.2) is 30.3 Å². The molecule has 0 saturated carbocycles. The molecule has 1 aliphatic rings. The molecule has 0 aliphatic carbocycles. The summed E-state index contributed by atoms with van der Waals surface area (Å²) in [4.78, 5) is 5.68. The van der Waals surface area contributed by atoms with Crippen molar-refractivity contribution in [3.05, 3.63) is 53.1 Å². The molecule has 0 bridgehead atoms. The highest BCUT2D eigenvalue weighted by Crippen LogP contribution is 2.26. The monoisotopic (exact) mass is 275 g/mol. The van der Waals surface area contributed by atoms with Gasteiger partial charge in [-0.25, -0.2) is 13.8 Å². The van der Waals surface area contributed by atoms with Crippen LogP contribution in [0.2, 0.25) is 0 Å². The normalized spacial score (nSPS) is 14.8. The van der Waals surface area contributed by atoms with Crippen LogP contribution in [0.1, 0.15) is 17.5 Å². The van der Waals surface area contributed by atoms with Crippen molar-refractivity contribution < 1.29 is 8.78 Å². The minimum atomic E-state index is -0.818. The number of halogens is 2. The summed E-state index contributed by atoms with van der Waals surface area (Å²) in [5.74, 6) is -1.63. The number of rotatable bonds is 1. The van der Waals surface area contributed by atoms with Gasteiger partial charge in [0.05, 0.1) is 0 Å². The Bertz CT molecular complexity index is 643. The van der Waals surface area contributed by atoms with Gasteiger partial charge in [0.15, 0.2) is 23.3 Å². The van der Waals surface area contributed by atoms with Crippen LogP contribution < -0.4 is 10.6 Å². The van der Waals surface area contributed by atoms with Crippen LogP contribution in [0.3, 0.4) is 0 Å². The van der Waals surface area contributed by atoms with Crippen LogP contribution in [0.4, 0.5) is 20.4 Å². The topological polar surface area (TPSA) is 42.1 Å². The second-order valence-corrected chi connectivity index (χ2v) is 4.95. The fourth-order valence-corrected chi connectivity index (χ4v) is 2.57. The maximum Gasteiger partial charge on any atom is 0.168 e. The lowest BCUT2D eigenvalue weighted by Crippen LogP contribution is -2.25. The predicted molar refractivity (Wildman–Crippen MR) is 74.4 cm³/mol. The molecular formula is C15H15F2N3. The second kappa shape index (κ2) is 5.07. The summed E-state index contributed by atoms with van der Waals surface area (Å²) in [6, 6.07) is 8.88. The summed E-state index contributed by atoms with van der Waals surface area (Å²) in [6.07, 6.45) is 1.85. The number of anilines is 2. The van der Waals surface area contributed by atoms with Crippen LogP contribution in [-0.4, -0.2) is 11.5 Å². The Morgan fingerprint density at radius 1 is 1.10 bits per heavy atom. The number of aromatic nitrogens is 1. The van der Waals surface area contributed by atoms with Gasteiger partial charge in [-0.05, 0) is 24.0 Å². The van der Waals surface area contributed by atoms with Crippen LogP contribution in [0.25, 0.3) is 0 Å². The molecule has 2 aromatic rings. The van der Waals surface area contributed by atoms with E-state index in [0.717, 1.165) is 24.5 Å². The number of aryl methyl sites for hydroxylation is 1. The summed E-state index contributed by atoms with van der Waals surface area (Å²) in [6.45, 7) is 1.23. The minimum Gasteiger partial charge on any atom is -0.381 e. The Labute approximate surface area is 116 Å². The van der Waals surface area contributed by atoms with Crippen LogP contribution in [-0.2, 0) is 13.0 Å². The van der Waals surface area contributed by atoms with Crippen molar-refractivity contribution in [3.8, 4) is 0 Å². The molecule has 1 aromatic heterocycles. The number of hydrogen-bond acceptors (Lipinski definition) is 3. The fraction of sp³-hybridized carbons (Fsp3) is 0.267. The molecule has 3 rings (SSSR count). The molecule has 0 amide bonds. The third-order valence-corrected chi connectivity index (χ3v) is 3.59. The Hall–Kier alpha value is -2.17. The average Bonchev–Trinajstić information content (AvgIpc) is 2.65. The number of nitrogens with zero attached hydrogens (tertiary/aromatic N) is 2. The molecule has 1 aromatic carbocycles. The number of fused-ring (bicyclic) bond motifs is 1. The van der Waals surface area contributed by atoms with Crippen molar-refractivity contribution >= 4 is 11.6 Å². The number of nitrogens with two attached hydrogens (primary N) is 1. The molecule has 0 atom stereocenters. The van der Waals surface area contributed by atoms with Gasteiger partial charge in [0.1, 0.15) is 0 Å². The Kier molecular flexibility index (Phi) is 3.26. The zero-order chi connectivity index (χ0) is 14.1. The van der Waals surface area contributed by atoms with E-state index in [9.17, 15) is 8.78 Å². The summed E-state index contributed by atoms with van der Waals surface area (Å²) >= 11 is 0. The summed E-state index contributed by atoms with van der Waals surface area (Å²) in [5, 5.41) is 0. The SMILES string of the molecule is Nc1nc(N2CCCc3ccccc3C2)c(F)cc1F. The lowest BCUT2D eigenvalue weighted by molar-refractivity contribution is 0.569. The van der Waals surface area contributed by atoms with Crippen molar-refractivity contribution in [2.24, 2.45) is 0 Å². The van der Waals surface area contributed by atoms with E-state index in [4.69, 9.17) is 5.73 Å². The van der Waals surface area contributed by atoms with Gasteiger partial charge in [-0.3, -0.25) is 0 Å². The maximum atomic E-state index is 13.9. The highest BCUT2D eigenvalue weighted by molar-refractivity contribution is 5.48. The first-order chi connectivity index (χ1) is 9.65. The molecule has 0 fully saturated rings. The lowest BCUT2D eigenvalue weighted by atomic mass is 10.0. The van der Waals surface area contributed by atoms with Crippen LogP contribution in [0.5, 0.6) is 0 Å². The van der Waals surface area contributed by atoms with Gasteiger partial charge in [-0.15, -0.1) is 0 Å². The molecular weight excluding hydrogens is 260 g/mol. The van der Waals surface area contributed by atoms with E-state index in [2.05, 4.69) is 11.1 Å². The molecule has 104 valence electrons. The molecule has 5 heteroatoms.